The highest BCUT2D eigenvalue weighted by molar-refractivity contribution is 7.99. The Labute approximate surface area is 160 Å². The lowest BCUT2D eigenvalue weighted by Crippen LogP contribution is -2.24. The van der Waals surface area contributed by atoms with Crippen LogP contribution in [0.25, 0.3) is 11.4 Å². The summed E-state index contributed by atoms with van der Waals surface area (Å²) in [5, 5.41) is 10.5. The van der Waals surface area contributed by atoms with E-state index in [2.05, 4.69) is 20.5 Å². The van der Waals surface area contributed by atoms with Crippen molar-refractivity contribution in [3.05, 3.63) is 53.6 Å². The highest BCUT2D eigenvalue weighted by atomic mass is 32.2. The summed E-state index contributed by atoms with van der Waals surface area (Å²) in [6.07, 6.45) is 0. The molecule has 8 heteroatoms. The number of H-pyrrole nitrogens is 1. The first-order chi connectivity index (χ1) is 13.2. The maximum Gasteiger partial charge on any atom is 0.231 e. The first-order valence-electron chi connectivity index (χ1n) is 8.45. The van der Waals surface area contributed by atoms with E-state index < -0.39 is 0 Å². The number of aryl methyl sites for hydroxylation is 1. The molecule has 0 saturated carbocycles. The lowest BCUT2D eigenvalue weighted by molar-refractivity contribution is -0.118. The minimum absolute atomic E-state index is 0.0839. The van der Waals surface area contributed by atoms with Gasteiger partial charge in [0.1, 0.15) is 0 Å². The van der Waals surface area contributed by atoms with Crippen molar-refractivity contribution in [2.75, 3.05) is 12.5 Å². The van der Waals surface area contributed by atoms with Crippen LogP contribution >= 0.6 is 11.8 Å². The van der Waals surface area contributed by atoms with E-state index in [-0.39, 0.29) is 18.5 Å². The average molecular weight is 382 g/mol. The number of aromatic nitrogens is 3. The van der Waals surface area contributed by atoms with Crippen molar-refractivity contribution in [3.63, 3.8) is 0 Å². The minimum atomic E-state index is -0.0839. The normalized spacial score (nSPS) is 12.2. The molecule has 4 rings (SSSR count). The SMILES string of the molecule is Cc1ccc(-c2nc(SCC(=O)NCc3ccc4c(c3)OCO4)n[nH]2)cc1. The Kier molecular flexibility index (Phi) is 4.97. The number of aromatic amines is 1. The van der Waals surface area contributed by atoms with Crippen LogP contribution in [-0.4, -0.2) is 33.6 Å². The van der Waals surface area contributed by atoms with Gasteiger partial charge in [-0.25, -0.2) is 4.98 Å². The van der Waals surface area contributed by atoms with Crippen LogP contribution in [0.15, 0.2) is 47.6 Å². The molecule has 27 heavy (non-hydrogen) atoms. The Balaban J connectivity index is 1.27. The van der Waals surface area contributed by atoms with Crippen LogP contribution in [-0.2, 0) is 11.3 Å². The summed E-state index contributed by atoms with van der Waals surface area (Å²) in [5.74, 6) is 2.29. The van der Waals surface area contributed by atoms with Gasteiger partial charge in [-0.05, 0) is 24.6 Å². The van der Waals surface area contributed by atoms with Crippen LogP contribution in [0.3, 0.4) is 0 Å². The molecule has 0 aliphatic carbocycles. The largest absolute Gasteiger partial charge is 0.454 e. The summed E-state index contributed by atoms with van der Waals surface area (Å²) in [6, 6.07) is 13.6. The number of fused-ring (bicyclic) bond motifs is 1. The first-order valence-corrected chi connectivity index (χ1v) is 9.43. The van der Waals surface area contributed by atoms with Crippen molar-refractivity contribution in [1.29, 1.82) is 0 Å². The number of nitrogens with zero attached hydrogens (tertiary/aromatic N) is 2. The average Bonchev–Trinajstić information content (AvgIpc) is 3.34. The van der Waals surface area contributed by atoms with Crippen LogP contribution in [0.2, 0.25) is 0 Å². The molecule has 0 spiro atoms. The molecule has 1 amide bonds. The van der Waals surface area contributed by atoms with Crippen molar-refractivity contribution in [3.8, 4) is 22.9 Å². The van der Waals surface area contributed by atoms with Crippen molar-refractivity contribution >= 4 is 17.7 Å². The third kappa shape index (κ3) is 4.22. The number of carbonyl (C=O) groups excluding carboxylic acids is 1. The zero-order chi connectivity index (χ0) is 18.6. The lowest BCUT2D eigenvalue weighted by Gasteiger charge is -2.05. The van der Waals surface area contributed by atoms with Gasteiger partial charge in [0.05, 0.1) is 5.75 Å². The van der Waals surface area contributed by atoms with Gasteiger partial charge in [-0.15, -0.1) is 5.10 Å². The number of nitrogens with one attached hydrogen (secondary N) is 2. The Bertz CT molecular complexity index is 956. The summed E-state index contributed by atoms with van der Waals surface area (Å²) >= 11 is 1.29. The van der Waals surface area contributed by atoms with Gasteiger partial charge in [0.25, 0.3) is 0 Å². The molecule has 138 valence electrons. The number of amides is 1. The lowest BCUT2D eigenvalue weighted by atomic mass is 10.1. The van der Waals surface area contributed by atoms with E-state index >= 15 is 0 Å². The molecule has 0 atom stereocenters. The zero-order valence-electron chi connectivity index (χ0n) is 14.7. The van der Waals surface area contributed by atoms with Gasteiger partial charge in [0, 0.05) is 12.1 Å². The predicted molar refractivity (Wildman–Crippen MR) is 102 cm³/mol. The van der Waals surface area contributed by atoms with Gasteiger partial charge < -0.3 is 14.8 Å². The Morgan fingerprint density at radius 1 is 1.19 bits per heavy atom. The number of benzene rings is 2. The molecule has 1 aliphatic heterocycles. The zero-order valence-corrected chi connectivity index (χ0v) is 15.5. The maximum atomic E-state index is 12.1. The highest BCUT2D eigenvalue weighted by Crippen LogP contribution is 2.32. The second-order valence-corrected chi connectivity index (χ2v) is 7.03. The van der Waals surface area contributed by atoms with E-state index in [1.807, 2.05) is 49.4 Å². The number of ether oxygens (including phenoxy) is 2. The summed E-state index contributed by atoms with van der Waals surface area (Å²) < 4.78 is 10.6. The van der Waals surface area contributed by atoms with Gasteiger partial charge in [0.15, 0.2) is 17.3 Å². The molecule has 1 aliphatic rings. The molecule has 1 aromatic heterocycles. The number of rotatable bonds is 6. The highest BCUT2D eigenvalue weighted by Gasteiger charge is 2.14. The maximum absolute atomic E-state index is 12.1. The fraction of sp³-hybridized carbons (Fsp3) is 0.211. The second-order valence-electron chi connectivity index (χ2n) is 6.09. The molecule has 3 aromatic rings. The molecule has 0 bridgehead atoms. The van der Waals surface area contributed by atoms with Gasteiger partial charge >= 0.3 is 0 Å². The van der Waals surface area contributed by atoms with Crippen LogP contribution in [0, 0.1) is 6.92 Å². The van der Waals surface area contributed by atoms with E-state index in [9.17, 15) is 4.79 Å². The van der Waals surface area contributed by atoms with Gasteiger partial charge in [-0.3, -0.25) is 9.89 Å². The Morgan fingerprint density at radius 2 is 2.00 bits per heavy atom. The summed E-state index contributed by atoms with van der Waals surface area (Å²) in [6.45, 7) is 2.70. The number of hydrogen-bond acceptors (Lipinski definition) is 6. The van der Waals surface area contributed by atoms with Crippen molar-refractivity contribution in [1.82, 2.24) is 20.5 Å². The molecule has 0 radical (unpaired) electrons. The molecule has 0 unspecified atom stereocenters. The Morgan fingerprint density at radius 3 is 2.85 bits per heavy atom. The van der Waals surface area contributed by atoms with Crippen molar-refractivity contribution < 1.29 is 14.3 Å². The van der Waals surface area contributed by atoms with E-state index in [1.54, 1.807) is 0 Å². The summed E-state index contributed by atoms with van der Waals surface area (Å²) in [5.41, 5.74) is 3.11. The molecular formula is C19H18N4O3S. The predicted octanol–water partition coefficient (Wildman–Crippen LogP) is 2.92. The second kappa shape index (κ2) is 7.71. The van der Waals surface area contributed by atoms with E-state index in [0.29, 0.717) is 23.3 Å². The number of thioether (sulfide) groups is 1. The van der Waals surface area contributed by atoms with Crippen LogP contribution < -0.4 is 14.8 Å². The molecule has 0 fully saturated rings. The van der Waals surface area contributed by atoms with Crippen LogP contribution in [0.4, 0.5) is 0 Å². The van der Waals surface area contributed by atoms with Crippen molar-refractivity contribution in [2.45, 2.75) is 18.6 Å². The van der Waals surface area contributed by atoms with E-state index in [0.717, 1.165) is 16.9 Å². The third-order valence-electron chi connectivity index (χ3n) is 4.05. The summed E-state index contributed by atoms with van der Waals surface area (Å²) in [7, 11) is 0. The molecule has 7 nitrogen and oxygen atoms in total. The molecule has 0 saturated heterocycles. The third-order valence-corrected chi connectivity index (χ3v) is 4.90. The molecule has 2 heterocycles. The van der Waals surface area contributed by atoms with E-state index in [4.69, 9.17) is 9.47 Å². The Hall–Kier alpha value is -3.00. The van der Waals surface area contributed by atoms with Crippen molar-refractivity contribution in [2.24, 2.45) is 0 Å². The van der Waals surface area contributed by atoms with Gasteiger partial charge in [-0.2, -0.15) is 0 Å². The molecule has 2 aromatic carbocycles. The van der Waals surface area contributed by atoms with Gasteiger partial charge in [0.2, 0.25) is 17.9 Å². The quantitative estimate of drug-likeness (QED) is 0.637. The fourth-order valence-corrected chi connectivity index (χ4v) is 3.21. The van der Waals surface area contributed by atoms with E-state index in [1.165, 1.54) is 17.3 Å². The monoisotopic (exact) mass is 382 g/mol. The van der Waals surface area contributed by atoms with Crippen LogP contribution in [0.1, 0.15) is 11.1 Å². The standard InChI is InChI=1S/C19H18N4O3S/c1-12-2-5-14(6-3-12)18-21-19(23-22-18)27-10-17(24)20-9-13-4-7-15-16(8-13)26-11-25-15/h2-8H,9-11H2,1H3,(H,20,24)(H,21,22,23). The van der Waals surface area contributed by atoms with Crippen LogP contribution in [0.5, 0.6) is 11.5 Å². The number of carbonyl (C=O) groups is 1. The fourth-order valence-electron chi connectivity index (χ4n) is 2.58. The topological polar surface area (TPSA) is 89.1 Å². The minimum Gasteiger partial charge on any atom is -0.454 e. The van der Waals surface area contributed by atoms with Gasteiger partial charge in [-0.1, -0.05) is 47.7 Å². The number of hydrogen-bond donors (Lipinski definition) is 2. The molecule has 2 N–H and O–H groups in total. The molecular weight excluding hydrogens is 364 g/mol. The smallest absolute Gasteiger partial charge is 0.231 e. The first kappa shape index (κ1) is 17.4. The summed E-state index contributed by atoms with van der Waals surface area (Å²) in [4.78, 5) is 16.5.